The van der Waals surface area contributed by atoms with Gasteiger partial charge in [0.05, 0.1) is 13.2 Å². The fraction of sp³-hybridized carbons (Fsp3) is 0.958. The zero-order valence-electron chi connectivity index (χ0n) is 17.8. The molecule has 3 nitrogen and oxygen atoms in total. The zero-order valence-corrected chi connectivity index (χ0v) is 17.8. The van der Waals surface area contributed by atoms with Gasteiger partial charge in [0.25, 0.3) is 0 Å². The van der Waals surface area contributed by atoms with E-state index in [2.05, 4.69) is 27.7 Å². The van der Waals surface area contributed by atoms with E-state index in [1.165, 1.54) is 32.1 Å². The molecule has 27 heavy (non-hydrogen) atoms. The minimum absolute atomic E-state index is 0.136. The molecule has 1 heterocycles. The Hall–Kier alpha value is -0.410. The minimum Gasteiger partial charge on any atom is -0.349 e. The van der Waals surface area contributed by atoms with Gasteiger partial charge >= 0.3 is 0 Å². The molecule has 0 aromatic heterocycles. The van der Waals surface area contributed by atoms with E-state index in [4.69, 9.17) is 9.47 Å². The summed E-state index contributed by atoms with van der Waals surface area (Å²) in [5, 5.41) is 0. The smallest absolute Gasteiger partial charge is 0.173 e. The molecule has 3 heteroatoms. The van der Waals surface area contributed by atoms with Crippen molar-refractivity contribution in [1.29, 1.82) is 0 Å². The average Bonchev–Trinajstić information content (AvgIpc) is 2.91. The van der Waals surface area contributed by atoms with E-state index in [9.17, 15) is 4.79 Å². The Morgan fingerprint density at radius 2 is 1.56 bits per heavy atom. The van der Waals surface area contributed by atoms with Crippen LogP contribution in [0.15, 0.2) is 0 Å². The van der Waals surface area contributed by atoms with Crippen molar-refractivity contribution in [3.63, 3.8) is 0 Å². The normalized spacial score (nSPS) is 50.7. The van der Waals surface area contributed by atoms with Gasteiger partial charge in [0.15, 0.2) is 5.79 Å². The van der Waals surface area contributed by atoms with Crippen LogP contribution in [0.25, 0.3) is 0 Å². The van der Waals surface area contributed by atoms with Gasteiger partial charge in [-0.3, -0.25) is 4.79 Å². The Labute approximate surface area is 164 Å². The molecule has 1 aliphatic heterocycles. The molecular weight excluding hydrogens is 336 g/mol. The molecule has 152 valence electrons. The summed E-state index contributed by atoms with van der Waals surface area (Å²) in [6, 6.07) is 0. The van der Waals surface area contributed by atoms with Gasteiger partial charge in [-0.15, -0.1) is 0 Å². The van der Waals surface area contributed by atoms with Crippen LogP contribution >= 0.6 is 0 Å². The van der Waals surface area contributed by atoms with Crippen LogP contribution in [0, 0.1) is 39.9 Å². The molecule has 4 aliphatic carbocycles. The second kappa shape index (κ2) is 5.81. The van der Waals surface area contributed by atoms with E-state index in [-0.39, 0.29) is 16.6 Å². The van der Waals surface area contributed by atoms with Crippen LogP contribution in [0.2, 0.25) is 0 Å². The summed E-state index contributed by atoms with van der Waals surface area (Å²) in [7, 11) is 0. The predicted molar refractivity (Wildman–Crippen MR) is 105 cm³/mol. The molecule has 0 radical (unpaired) electrons. The molecule has 0 N–H and O–H groups in total. The summed E-state index contributed by atoms with van der Waals surface area (Å²) >= 11 is 0. The molecule has 6 atom stereocenters. The molecule has 4 unspecified atom stereocenters. The number of hydrogen-bond acceptors (Lipinski definition) is 3. The second-order valence-electron chi connectivity index (χ2n) is 11.9. The van der Waals surface area contributed by atoms with Gasteiger partial charge < -0.3 is 9.47 Å². The van der Waals surface area contributed by atoms with E-state index >= 15 is 0 Å². The van der Waals surface area contributed by atoms with Gasteiger partial charge in [-0.05, 0) is 67.6 Å². The van der Waals surface area contributed by atoms with E-state index in [1.807, 2.05) is 0 Å². The first-order valence-corrected chi connectivity index (χ1v) is 11.5. The number of fused-ring (bicyclic) bond motifs is 6. The standard InChI is InChI=1S/C24H38O3/c1-21(2)14-26-24(27-15-21)12-9-20-18-6-5-16-13-17(25)7-10-22(16,3)19(18)8-11-23(20,24)4/h16,18-20H,5-15H2,1-4H3/t16?,18?,19?,20?,22-,23-/m0/s1. The molecule has 1 spiro atoms. The molecule has 4 saturated carbocycles. The van der Waals surface area contributed by atoms with E-state index in [1.54, 1.807) is 0 Å². The number of ether oxygens (including phenoxy) is 2. The summed E-state index contributed by atoms with van der Waals surface area (Å²) in [5.74, 6) is 3.16. The SMILES string of the molecule is CC1(C)COC2(CCC3C4CCC5CC(=O)CC[C@]5(C)C4CC[C@@]32C)OC1. The second-order valence-corrected chi connectivity index (χ2v) is 11.9. The molecule has 5 fully saturated rings. The van der Waals surface area contributed by atoms with Crippen molar-refractivity contribution in [3.05, 3.63) is 0 Å². The van der Waals surface area contributed by atoms with Crippen LogP contribution < -0.4 is 0 Å². The fourth-order valence-corrected chi connectivity index (χ4v) is 8.18. The molecule has 5 aliphatic rings. The Balaban J connectivity index is 1.41. The summed E-state index contributed by atoms with van der Waals surface area (Å²) in [5.41, 5.74) is 0.694. The van der Waals surface area contributed by atoms with Gasteiger partial charge in [-0.2, -0.15) is 0 Å². The van der Waals surface area contributed by atoms with Crippen molar-refractivity contribution >= 4 is 5.78 Å². The van der Waals surface area contributed by atoms with E-state index in [0.29, 0.717) is 17.1 Å². The van der Waals surface area contributed by atoms with Crippen molar-refractivity contribution in [2.45, 2.75) is 91.3 Å². The minimum atomic E-state index is -0.335. The van der Waals surface area contributed by atoms with Crippen molar-refractivity contribution in [1.82, 2.24) is 0 Å². The van der Waals surface area contributed by atoms with Gasteiger partial charge in [-0.1, -0.05) is 27.7 Å². The highest BCUT2D eigenvalue weighted by molar-refractivity contribution is 5.79. The first-order valence-electron chi connectivity index (χ1n) is 11.5. The maximum atomic E-state index is 12.1. The Kier molecular flexibility index (Phi) is 4.01. The molecule has 5 rings (SSSR count). The summed E-state index contributed by atoms with van der Waals surface area (Å²) < 4.78 is 13.1. The third-order valence-corrected chi connectivity index (χ3v) is 9.92. The molecule has 0 aromatic rings. The highest BCUT2D eigenvalue weighted by Crippen LogP contribution is 2.69. The molecule has 0 amide bonds. The number of carbonyl (C=O) groups is 1. The van der Waals surface area contributed by atoms with Crippen molar-refractivity contribution in [2.75, 3.05) is 13.2 Å². The Bertz CT molecular complexity index is 630. The molecule has 0 bridgehead atoms. The van der Waals surface area contributed by atoms with Crippen molar-refractivity contribution in [3.8, 4) is 0 Å². The summed E-state index contributed by atoms with van der Waals surface area (Å²) in [6.45, 7) is 11.2. The number of rotatable bonds is 0. The van der Waals surface area contributed by atoms with Crippen LogP contribution in [0.4, 0.5) is 0 Å². The first-order chi connectivity index (χ1) is 12.7. The summed E-state index contributed by atoms with van der Waals surface area (Å²) in [6.07, 6.45) is 10.3. The summed E-state index contributed by atoms with van der Waals surface area (Å²) in [4.78, 5) is 12.1. The van der Waals surface area contributed by atoms with Crippen molar-refractivity contribution < 1.29 is 14.3 Å². The maximum absolute atomic E-state index is 12.1. The number of ketones is 1. The van der Waals surface area contributed by atoms with Gasteiger partial charge in [0.2, 0.25) is 0 Å². The first kappa shape index (κ1) is 18.6. The van der Waals surface area contributed by atoms with Gasteiger partial charge in [-0.25, -0.2) is 0 Å². The van der Waals surface area contributed by atoms with Crippen LogP contribution in [0.5, 0.6) is 0 Å². The lowest BCUT2D eigenvalue weighted by molar-refractivity contribution is -0.348. The molecule has 1 saturated heterocycles. The quantitative estimate of drug-likeness (QED) is 0.572. The monoisotopic (exact) mass is 374 g/mol. The zero-order chi connectivity index (χ0) is 19.1. The third kappa shape index (κ3) is 2.49. The Morgan fingerprint density at radius 3 is 2.30 bits per heavy atom. The average molecular weight is 375 g/mol. The fourth-order valence-electron chi connectivity index (χ4n) is 8.18. The number of Topliss-reactive ketones (excluding diaryl/α,β-unsaturated/α-hetero) is 1. The highest BCUT2D eigenvalue weighted by Gasteiger charge is 2.67. The van der Waals surface area contributed by atoms with Crippen LogP contribution in [0.3, 0.4) is 0 Å². The molecular formula is C24H38O3. The van der Waals surface area contributed by atoms with Crippen LogP contribution in [-0.4, -0.2) is 24.8 Å². The van der Waals surface area contributed by atoms with Crippen LogP contribution in [0.1, 0.15) is 85.5 Å². The van der Waals surface area contributed by atoms with Crippen LogP contribution in [-0.2, 0) is 14.3 Å². The number of hydrogen-bond donors (Lipinski definition) is 0. The predicted octanol–water partition coefficient (Wildman–Crippen LogP) is 5.37. The lowest BCUT2D eigenvalue weighted by atomic mass is 9.45. The van der Waals surface area contributed by atoms with Crippen molar-refractivity contribution in [2.24, 2.45) is 39.9 Å². The third-order valence-electron chi connectivity index (χ3n) is 9.92. The van der Waals surface area contributed by atoms with E-state index in [0.717, 1.165) is 56.7 Å². The molecule has 0 aromatic carbocycles. The van der Waals surface area contributed by atoms with Gasteiger partial charge in [0, 0.05) is 30.1 Å². The lowest BCUT2D eigenvalue weighted by Gasteiger charge is -2.61. The number of carbonyl (C=O) groups excluding carboxylic acids is 1. The maximum Gasteiger partial charge on any atom is 0.173 e. The highest BCUT2D eigenvalue weighted by atomic mass is 16.7. The Morgan fingerprint density at radius 1 is 0.852 bits per heavy atom. The van der Waals surface area contributed by atoms with E-state index < -0.39 is 0 Å². The lowest BCUT2D eigenvalue weighted by Crippen LogP contribution is -2.60. The largest absolute Gasteiger partial charge is 0.349 e. The van der Waals surface area contributed by atoms with Gasteiger partial charge in [0.1, 0.15) is 5.78 Å². The topological polar surface area (TPSA) is 35.5 Å².